The zero-order valence-corrected chi connectivity index (χ0v) is 12.4. The quantitative estimate of drug-likeness (QED) is 0.858. The van der Waals surface area contributed by atoms with Crippen molar-refractivity contribution in [3.63, 3.8) is 0 Å². The number of urea groups is 1. The van der Waals surface area contributed by atoms with Crippen molar-refractivity contribution in [2.75, 3.05) is 20.6 Å². The second-order valence-corrected chi connectivity index (χ2v) is 5.32. The van der Waals surface area contributed by atoms with Crippen LogP contribution < -0.4 is 5.32 Å². The zero-order valence-electron chi connectivity index (χ0n) is 12.4. The van der Waals surface area contributed by atoms with Crippen molar-refractivity contribution in [1.82, 2.24) is 15.1 Å². The molecule has 1 saturated heterocycles. The number of carbonyl (C=O) groups is 2. The summed E-state index contributed by atoms with van der Waals surface area (Å²) in [5.74, 6) is -1.85. The van der Waals surface area contributed by atoms with Crippen LogP contribution in [-0.2, 0) is 17.5 Å². The molecule has 0 radical (unpaired) electrons. The van der Waals surface area contributed by atoms with Crippen LogP contribution in [0.2, 0.25) is 0 Å². The molecule has 1 aliphatic rings. The number of benzene rings is 1. The Kier molecular flexibility index (Phi) is 4.49. The Bertz CT molecular complexity index is 633. The van der Waals surface area contributed by atoms with Crippen molar-refractivity contribution in [2.24, 2.45) is 0 Å². The van der Waals surface area contributed by atoms with Crippen molar-refractivity contribution in [3.05, 3.63) is 35.1 Å². The average molecular weight is 333 g/mol. The van der Waals surface area contributed by atoms with Gasteiger partial charge in [0.2, 0.25) is 5.91 Å². The highest BCUT2D eigenvalue weighted by molar-refractivity contribution is 5.90. The number of hydrogen-bond acceptors (Lipinski definition) is 2. The number of rotatable bonds is 3. The molecule has 0 spiro atoms. The molecule has 0 bridgehead atoms. The summed E-state index contributed by atoms with van der Waals surface area (Å²) in [7, 11) is 3.01. The van der Waals surface area contributed by atoms with E-state index in [1.54, 1.807) is 7.05 Å². The molecule has 0 unspecified atom stereocenters. The smallest absolute Gasteiger partial charge is 0.350 e. The van der Waals surface area contributed by atoms with Gasteiger partial charge in [0.25, 0.3) is 0 Å². The second-order valence-electron chi connectivity index (χ2n) is 5.32. The molecule has 9 heteroatoms. The van der Waals surface area contributed by atoms with Crippen molar-refractivity contribution in [3.8, 4) is 0 Å². The van der Waals surface area contributed by atoms with E-state index in [1.807, 2.05) is 0 Å². The lowest BCUT2D eigenvalue weighted by Crippen LogP contribution is -2.43. The number of nitrogens with one attached hydrogen (secondary N) is 1. The molecule has 0 saturated carbocycles. The fourth-order valence-corrected chi connectivity index (χ4v) is 2.33. The Hall–Kier alpha value is -2.32. The number of hydrogen-bond donors (Lipinski definition) is 1. The van der Waals surface area contributed by atoms with Gasteiger partial charge in [-0.05, 0) is 17.7 Å². The number of alkyl halides is 3. The average Bonchev–Trinajstić information content (AvgIpc) is 2.72. The molecular formula is C14H15F4N3O2. The van der Waals surface area contributed by atoms with Crippen LogP contribution >= 0.6 is 0 Å². The Balaban J connectivity index is 2.04. The van der Waals surface area contributed by atoms with Crippen LogP contribution in [0.1, 0.15) is 11.1 Å². The van der Waals surface area contributed by atoms with E-state index in [9.17, 15) is 27.2 Å². The van der Waals surface area contributed by atoms with Crippen LogP contribution in [0.4, 0.5) is 22.4 Å². The highest BCUT2D eigenvalue weighted by Gasteiger charge is 2.37. The molecule has 1 atom stereocenters. The first-order valence-corrected chi connectivity index (χ1v) is 6.72. The van der Waals surface area contributed by atoms with Crippen molar-refractivity contribution >= 4 is 11.9 Å². The van der Waals surface area contributed by atoms with E-state index in [1.165, 1.54) is 22.9 Å². The molecular weight excluding hydrogens is 318 g/mol. The minimum absolute atomic E-state index is 0.118. The SMILES string of the molecule is CN1C[C@@H](C(=O)NCc2ccc(F)c(C(F)(F)F)c2)N(C)C1=O. The summed E-state index contributed by atoms with van der Waals surface area (Å²) in [4.78, 5) is 26.2. The summed E-state index contributed by atoms with van der Waals surface area (Å²) in [6, 6.07) is 1.51. The molecule has 5 nitrogen and oxygen atoms in total. The molecule has 2 rings (SSSR count). The fraction of sp³-hybridized carbons (Fsp3) is 0.429. The number of likely N-dealkylation sites (N-methyl/N-ethyl adjacent to an activating group) is 2. The summed E-state index contributed by atoms with van der Waals surface area (Å²) in [5, 5.41) is 2.46. The van der Waals surface area contributed by atoms with Crippen LogP contribution in [0.3, 0.4) is 0 Å². The Morgan fingerprint density at radius 1 is 1.35 bits per heavy atom. The first kappa shape index (κ1) is 17.0. The standard InChI is InChI=1S/C14H15F4N3O2/c1-20-7-11(21(2)13(20)23)12(22)19-6-8-3-4-10(15)9(5-8)14(16,17)18/h3-5,11H,6-7H2,1-2H3,(H,19,22)/t11-/m0/s1. The third-order valence-electron chi connectivity index (χ3n) is 3.65. The maximum absolute atomic E-state index is 13.2. The van der Waals surface area contributed by atoms with Crippen LogP contribution in [-0.4, -0.2) is 48.4 Å². The lowest BCUT2D eigenvalue weighted by molar-refractivity contribution is -0.140. The summed E-state index contributed by atoms with van der Waals surface area (Å²) in [6.45, 7) is 0.00280. The first-order valence-electron chi connectivity index (χ1n) is 6.72. The molecule has 23 heavy (non-hydrogen) atoms. The van der Waals surface area contributed by atoms with Crippen LogP contribution in [0, 0.1) is 5.82 Å². The normalized spacial score (nSPS) is 18.5. The van der Waals surface area contributed by atoms with Gasteiger partial charge in [0, 0.05) is 20.6 Å². The van der Waals surface area contributed by atoms with Crippen molar-refractivity contribution in [2.45, 2.75) is 18.8 Å². The van der Waals surface area contributed by atoms with Gasteiger partial charge in [-0.1, -0.05) is 6.07 Å². The van der Waals surface area contributed by atoms with Crippen LogP contribution in [0.25, 0.3) is 0 Å². The summed E-state index contributed by atoms with van der Waals surface area (Å²) < 4.78 is 51.1. The van der Waals surface area contributed by atoms with Crippen LogP contribution in [0.5, 0.6) is 0 Å². The Morgan fingerprint density at radius 3 is 2.52 bits per heavy atom. The van der Waals surface area contributed by atoms with Gasteiger partial charge in [0.1, 0.15) is 11.9 Å². The molecule has 1 N–H and O–H groups in total. The molecule has 1 aromatic rings. The maximum atomic E-state index is 13.2. The number of nitrogens with zero attached hydrogens (tertiary/aromatic N) is 2. The summed E-state index contributed by atoms with van der Waals surface area (Å²) in [6.07, 6.45) is -4.80. The molecule has 126 valence electrons. The highest BCUT2D eigenvalue weighted by Crippen LogP contribution is 2.31. The Morgan fingerprint density at radius 2 is 2.00 bits per heavy atom. The summed E-state index contributed by atoms with van der Waals surface area (Å²) in [5.41, 5.74) is -1.26. The third kappa shape index (κ3) is 3.54. The topological polar surface area (TPSA) is 52.7 Å². The molecule has 0 aromatic heterocycles. The second kappa shape index (κ2) is 6.05. The minimum atomic E-state index is -4.80. The summed E-state index contributed by atoms with van der Waals surface area (Å²) >= 11 is 0. The van der Waals surface area contributed by atoms with Gasteiger partial charge in [-0.25, -0.2) is 9.18 Å². The molecule has 1 aromatic carbocycles. The van der Waals surface area contributed by atoms with Gasteiger partial charge in [0.15, 0.2) is 0 Å². The Labute approximate surface area is 129 Å². The fourth-order valence-electron chi connectivity index (χ4n) is 2.33. The van der Waals surface area contributed by atoms with Crippen molar-refractivity contribution in [1.29, 1.82) is 0 Å². The number of amides is 3. The predicted molar refractivity (Wildman–Crippen MR) is 72.8 cm³/mol. The van der Waals surface area contributed by atoms with E-state index < -0.39 is 29.5 Å². The van der Waals surface area contributed by atoms with Gasteiger partial charge >= 0.3 is 12.2 Å². The molecule has 1 fully saturated rings. The van der Waals surface area contributed by atoms with E-state index in [0.717, 1.165) is 0 Å². The molecule has 0 aliphatic carbocycles. The monoisotopic (exact) mass is 333 g/mol. The predicted octanol–water partition coefficient (Wildman–Crippen LogP) is 1.83. The molecule has 1 heterocycles. The van der Waals surface area contributed by atoms with Gasteiger partial charge in [-0.2, -0.15) is 13.2 Å². The lowest BCUT2D eigenvalue weighted by Gasteiger charge is -2.17. The van der Waals surface area contributed by atoms with E-state index in [2.05, 4.69) is 5.32 Å². The zero-order chi connectivity index (χ0) is 17.4. The number of carbonyl (C=O) groups excluding carboxylic acids is 2. The highest BCUT2D eigenvalue weighted by atomic mass is 19.4. The van der Waals surface area contributed by atoms with E-state index in [4.69, 9.17) is 0 Å². The minimum Gasteiger partial charge on any atom is -0.350 e. The van der Waals surface area contributed by atoms with Gasteiger partial charge in [-0.3, -0.25) is 4.79 Å². The maximum Gasteiger partial charge on any atom is 0.419 e. The largest absolute Gasteiger partial charge is 0.419 e. The first-order chi connectivity index (χ1) is 10.6. The van der Waals surface area contributed by atoms with E-state index >= 15 is 0 Å². The lowest BCUT2D eigenvalue weighted by atomic mass is 10.1. The molecule has 3 amide bonds. The van der Waals surface area contributed by atoms with Crippen LogP contribution in [0.15, 0.2) is 18.2 Å². The van der Waals surface area contributed by atoms with Gasteiger partial charge in [-0.15, -0.1) is 0 Å². The van der Waals surface area contributed by atoms with E-state index in [-0.39, 0.29) is 24.7 Å². The van der Waals surface area contributed by atoms with Gasteiger partial charge in [0.05, 0.1) is 12.1 Å². The third-order valence-corrected chi connectivity index (χ3v) is 3.65. The van der Waals surface area contributed by atoms with Gasteiger partial charge < -0.3 is 15.1 Å². The molecule has 1 aliphatic heterocycles. The number of halogens is 4. The van der Waals surface area contributed by atoms with E-state index in [0.29, 0.717) is 12.1 Å². The van der Waals surface area contributed by atoms with Crippen molar-refractivity contribution < 1.29 is 27.2 Å².